The van der Waals surface area contributed by atoms with Gasteiger partial charge in [0.2, 0.25) is 0 Å². The molecule has 9 heteroatoms. The molecule has 4 amide bonds. The first-order valence-corrected chi connectivity index (χ1v) is 12.1. The van der Waals surface area contributed by atoms with Gasteiger partial charge in [0.1, 0.15) is 12.2 Å². The summed E-state index contributed by atoms with van der Waals surface area (Å²) in [5.41, 5.74) is 3.44. The predicted octanol–water partition coefficient (Wildman–Crippen LogP) is 5.97. The Hall–Kier alpha value is -3.62. The Morgan fingerprint density at radius 3 is 2.50 bits per heavy atom. The van der Waals surface area contributed by atoms with E-state index in [1.807, 2.05) is 31.2 Å². The van der Waals surface area contributed by atoms with Crippen molar-refractivity contribution >= 4 is 57.1 Å². The molecule has 1 N–H and O–H groups in total. The first-order chi connectivity index (χ1) is 17.2. The van der Waals surface area contributed by atoms with Gasteiger partial charge < -0.3 is 9.47 Å². The van der Waals surface area contributed by atoms with Crippen molar-refractivity contribution in [3.63, 3.8) is 0 Å². The van der Waals surface area contributed by atoms with E-state index in [1.54, 1.807) is 31.2 Å². The Labute approximate surface area is 221 Å². The molecule has 184 valence electrons. The van der Waals surface area contributed by atoms with Crippen LogP contribution in [0.25, 0.3) is 6.08 Å². The third-order valence-corrected chi connectivity index (χ3v) is 6.67. The molecule has 36 heavy (non-hydrogen) atoms. The van der Waals surface area contributed by atoms with Gasteiger partial charge in [-0.05, 0) is 60.9 Å². The second-order valence-corrected chi connectivity index (χ2v) is 9.46. The third kappa shape index (κ3) is 5.29. The van der Waals surface area contributed by atoms with Crippen molar-refractivity contribution in [3.05, 3.63) is 91.9 Å². The van der Waals surface area contributed by atoms with Gasteiger partial charge in [-0.15, -0.1) is 0 Å². The molecule has 0 atom stereocenters. The number of methoxy groups -OCH3 is 1. The van der Waals surface area contributed by atoms with Crippen LogP contribution in [-0.2, 0) is 16.2 Å². The highest BCUT2D eigenvalue weighted by molar-refractivity contribution is 9.10. The number of rotatable bonds is 6. The number of hydrogen-bond acceptors (Lipinski definition) is 5. The third-order valence-electron chi connectivity index (χ3n) is 5.57. The summed E-state index contributed by atoms with van der Waals surface area (Å²) in [5.74, 6) is -0.669. The molecule has 0 radical (unpaired) electrons. The molecule has 3 aromatic carbocycles. The minimum atomic E-state index is -0.849. The normalized spacial score (nSPS) is 14.8. The number of hydrogen-bond donors (Lipinski definition) is 1. The lowest BCUT2D eigenvalue weighted by Gasteiger charge is -2.26. The summed E-state index contributed by atoms with van der Waals surface area (Å²) in [6, 6.07) is 15.2. The van der Waals surface area contributed by atoms with Crippen LogP contribution in [0, 0.1) is 13.8 Å². The standard InChI is InChI=1S/C27H22BrClN2O5/c1-15-5-4-6-17(9-15)14-36-24-13-21(28)18(11-23(24)35-3)10-20-25(32)30-27(34)31(26(20)33)19-8-7-16(2)22(29)12-19/h4-13H,14H2,1-3H3,(H,30,32,34)/b20-10-. The van der Waals surface area contributed by atoms with Crippen LogP contribution in [-0.4, -0.2) is 25.0 Å². The average molecular weight is 570 g/mol. The van der Waals surface area contributed by atoms with Crippen molar-refractivity contribution in [1.82, 2.24) is 5.32 Å². The summed E-state index contributed by atoms with van der Waals surface area (Å²) < 4.78 is 12.0. The van der Waals surface area contributed by atoms with Gasteiger partial charge in [0.05, 0.1) is 12.8 Å². The molecule has 0 saturated carbocycles. The summed E-state index contributed by atoms with van der Waals surface area (Å²) in [6.45, 7) is 4.15. The number of aryl methyl sites for hydroxylation is 2. The quantitative estimate of drug-likeness (QED) is 0.292. The van der Waals surface area contributed by atoms with Crippen LogP contribution < -0.4 is 19.7 Å². The van der Waals surface area contributed by atoms with Crippen molar-refractivity contribution in [2.75, 3.05) is 12.0 Å². The molecule has 7 nitrogen and oxygen atoms in total. The molecule has 0 aromatic heterocycles. The van der Waals surface area contributed by atoms with Gasteiger partial charge in [-0.2, -0.15) is 0 Å². The topological polar surface area (TPSA) is 84.9 Å². The maximum atomic E-state index is 13.2. The molecule has 1 aliphatic heterocycles. The molecule has 0 aliphatic carbocycles. The molecule has 0 spiro atoms. The Morgan fingerprint density at radius 1 is 1.03 bits per heavy atom. The monoisotopic (exact) mass is 568 g/mol. The van der Waals surface area contributed by atoms with E-state index in [1.165, 1.54) is 19.3 Å². The molecule has 0 unspecified atom stereocenters. The number of imide groups is 2. The van der Waals surface area contributed by atoms with E-state index in [0.717, 1.165) is 21.6 Å². The molecule has 3 aromatic rings. The fraction of sp³-hybridized carbons (Fsp3) is 0.148. The van der Waals surface area contributed by atoms with E-state index in [9.17, 15) is 14.4 Å². The molecule has 1 heterocycles. The van der Waals surface area contributed by atoms with Gasteiger partial charge >= 0.3 is 6.03 Å². The minimum absolute atomic E-state index is 0.220. The summed E-state index contributed by atoms with van der Waals surface area (Å²) in [6.07, 6.45) is 1.39. The van der Waals surface area contributed by atoms with Gasteiger partial charge in [-0.25, -0.2) is 9.69 Å². The van der Waals surface area contributed by atoms with Gasteiger partial charge in [-0.1, -0.05) is 63.4 Å². The first-order valence-electron chi connectivity index (χ1n) is 10.9. The molecule has 1 saturated heterocycles. The summed E-state index contributed by atoms with van der Waals surface area (Å²) in [4.78, 5) is 39.2. The van der Waals surface area contributed by atoms with Crippen LogP contribution in [0.2, 0.25) is 5.02 Å². The Balaban J connectivity index is 1.65. The van der Waals surface area contributed by atoms with Crippen LogP contribution in [0.15, 0.2) is 64.6 Å². The lowest BCUT2D eigenvalue weighted by Crippen LogP contribution is -2.54. The number of barbiturate groups is 1. The van der Waals surface area contributed by atoms with E-state index in [0.29, 0.717) is 33.2 Å². The maximum absolute atomic E-state index is 13.2. The number of ether oxygens (including phenoxy) is 2. The molecule has 1 fully saturated rings. The van der Waals surface area contributed by atoms with Crippen LogP contribution in [0.1, 0.15) is 22.3 Å². The van der Waals surface area contributed by atoms with E-state index in [4.69, 9.17) is 21.1 Å². The lowest BCUT2D eigenvalue weighted by molar-refractivity contribution is -0.122. The number of anilines is 1. The number of carbonyl (C=O) groups excluding carboxylic acids is 3. The maximum Gasteiger partial charge on any atom is 0.335 e. The number of nitrogens with one attached hydrogen (secondary N) is 1. The fourth-order valence-electron chi connectivity index (χ4n) is 3.67. The Morgan fingerprint density at radius 2 is 1.81 bits per heavy atom. The van der Waals surface area contributed by atoms with Crippen LogP contribution in [0.5, 0.6) is 11.5 Å². The van der Waals surface area contributed by atoms with Crippen LogP contribution in [0.4, 0.5) is 10.5 Å². The van der Waals surface area contributed by atoms with Crippen molar-refractivity contribution in [2.24, 2.45) is 0 Å². The van der Waals surface area contributed by atoms with Crippen molar-refractivity contribution in [2.45, 2.75) is 20.5 Å². The van der Waals surface area contributed by atoms with Crippen LogP contribution >= 0.6 is 27.5 Å². The predicted molar refractivity (Wildman–Crippen MR) is 141 cm³/mol. The van der Waals surface area contributed by atoms with Gasteiger partial charge in [0.25, 0.3) is 11.8 Å². The van der Waals surface area contributed by atoms with E-state index < -0.39 is 17.8 Å². The molecule has 0 bridgehead atoms. The highest BCUT2D eigenvalue weighted by atomic mass is 79.9. The van der Waals surface area contributed by atoms with Crippen molar-refractivity contribution in [3.8, 4) is 11.5 Å². The van der Waals surface area contributed by atoms with Gasteiger partial charge in [0.15, 0.2) is 11.5 Å². The SMILES string of the molecule is COc1cc(/C=C2/C(=O)NC(=O)N(c3ccc(C)c(Cl)c3)C2=O)c(Br)cc1OCc1cccc(C)c1. The number of benzene rings is 3. The molecular formula is C27H22BrClN2O5. The number of nitrogens with zero attached hydrogens (tertiary/aromatic N) is 1. The highest BCUT2D eigenvalue weighted by Crippen LogP contribution is 2.36. The minimum Gasteiger partial charge on any atom is -0.493 e. The second kappa shape index (κ2) is 10.6. The van der Waals surface area contributed by atoms with Crippen LogP contribution in [0.3, 0.4) is 0 Å². The zero-order valence-electron chi connectivity index (χ0n) is 19.7. The number of carbonyl (C=O) groups is 3. The van der Waals surface area contributed by atoms with Gasteiger partial charge in [-0.3, -0.25) is 14.9 Å². The van der Waals surface area contributed by atoms with E-state index in [-0.39, 0.29) is 11.3 Å². The van der Waals surface area contributed by atoms with E-state index in [2.05, 4.69) is 21.2 Å². The Bertz CT molecular complexity index is 1420. The molecule has 1 aliphatic rings. The van der Waals surface area contributed by atoms with E-state index >= 15 is 0 Å². The van der Waals surface area contributed by atoms with Crippen molar-refractivity contribution < 1.29 is 23.9 Å². The lowest BCUT2D eigenvalue weighted by atomic mass is 10.1. The summed E-state index contributed by atoms with van der Waals surface area (Å²) in [7, 11) is 1.50. The van der Waals surface area contributed by atoms with Gasteiger partial charge in [0, 0.05) is 9.50 Å². The number of halogens is 2. The largest absolute Gasteiger partial charge is 0.493 e. The number of urea groups is 1. The summed E-state index contributed by atoms with van der Waals surface area (Å²) in [5, 5.41) is 2.60. The number of amides is 4. The zero-order chi connectivity index (χ0) is 26.0. The zero-order valence-corrected chi connectivity index (χ0v) is 22.1. The average Bonchev–Trinajstić information content (AvgIpc) is 2.83. The smallest absolute Gasteiger partial charge is 0.335 e. The molecule has 4 rings (SSSR count). The summed E-state index contributed by atoms with van der Waals surface area (Å²) >= 11 is 9.66. The first kappa shape index (κ1) is 25.5. The fourth-order valence-corrected chi connectivity index (χ4v) is 4.28. The molecular weight excluding hydrogens is 548 g/mol. The van der Waals surface area contributed by atoms with Crippen molar-refractivity contribution in [1.29, 1.82) is 0 Å². The second-order valence-electron chi connectivity index (χ2n) is 8.19. The Kier molecular flexibility index (Phi) is 7.47. The highest BCUT2D eigenvalue weighted by Gasteiger charge is 2.37.